The molecule has 2 aliphatic heterocycles. The standard InChI is InChI=1S/C15H18N2O6/c1-8(18)16-11-12(19)13-10(22-14(11)17-20)7-21-15(23-13)9-5-3-2-4-6-9/h2-6,10-13,15,19-20H,7H2,1H3,(H,16,18)/t10?,11?,12?,13-,15?/m0/s1. The van der Waals surface area contributed by atoms with Gasteiger partial charge in [0, 0.05) is 12.5 Å². The van der Waals surface area contributed by atoms with Gasteiger partial charge in [-0.1, -0.05) is 35.5 Å². The molecule has 0 bridgehead atoms. The second kappa shape index (κ2) is 6.53. The zero-order chi connectivity index (χ0) is 16.4. The van der Waals surface area contributed by atoms with Crippen LogP contribution in [-0.2, 0) is 19.0 Å². The van der Waals surface area contributed by atoms with E-state index in [2.05, 4.69) is 10.5 Å². The Hall–Kier alpha value is -2.16. The second-order valence-corrected chi connectivity index (χ2v) is 5.44. The first-order chi connectivity index (χ1) is 11.1. The molecule has 1 aromatic rings. The van der Waals surface area contributed by atoms with Crippen LogP contribution >= 0.6 is 0 Å². The molecular weight excluding hydrogens is 304 g/mol. The van der Waals surface area contributed by atoms with Crippen molar-refractivity contribution in [3.8, 4) is 0 Å². The molecule has 3 rings (SSSR count). The quantitative estimate of drug-likeness (QED) is 0.528. The van der Waals surface area contributed by atoms with Crippen LogP contribution in [0.4, 0.5) is 0 Å². The van der Waals surface area contributed by atoms with E-state index in [0.29, 0.717) is 0 Å². The third kappa shape index (κ3) is 3.14. The summed E-state index contributed by atoms with van der Waals surface area (Å²) >= 11 is 0. The number of oxime groups is 1. The number of hydrogen-bond acceptors (Lipinski definition) is 7. The fourth-order valence-corrected chi connectivity index (χ4v) is 2.75. The molecule has 8 nitrogen and oxygen atoms in total. The number of nitrogens with zero attached hydrogens (tertiary/aromatic N) is 1. The summed E-state index contributed by atoms with van der Waals surface area (Å²) in [4.78, 5) is 11.3. The Balaban J connectivity index is 1.79. The van der Waals surface area contributed by atoms with E-state index in [9.17, 15) is 9.90 Å². The number of benzene rings is 1. The number of amides is 1. The molecule has 0 saturated carbocycles. The van der Waals surface area contributed by atoms with Gasteiger partial charge in [-0.25, -0.2) is 0 Å². The number of hydrogen-bond donors (Lipinski definition) is 3. The van der Waals surface area contributed by atoms with Gasteiger partial charge < -0.3 is 29.8 Å². The van der Waals surface area contributed by atoms with Crippen LogP contribution in [-0.4, -0.2) is 53.1 Å². The molecule has 8 heteroatoms. The molecule has 1 aromatic carbocycles. The van der Waals surface area contributed by atoms with Gasteiger partial charge in [0.1, 0.15) is 18.2 Å². The van der Waals surface area contributed by atoms with Gasteiger partial charge in [0.2, 0.25) is 5.91 Å². The van der Waals surface area contributed by atoms with Crippen molar-refractivity contribution in [2.45, 2.75) is 37.6 Å². The number of nitrogens with one attached hydrogen (secondary N) is 1. The van der Waals surface area contributed by atoms with Crippen molar-refractivity contribution in [2.75, 3.05) is 6.61 Å². The maximum Gasteiger partial charge on any atom is 0.251 e. The van der Waals surface area contributed by atoms with E-state index < -0.39 is 30.6 Å². The van der Waals surface area contributed by atoms with Crippen molar-refractivity contribution < 1.29 is 29.3 Å². The number of aliphatic hydroxyl groups excluding tert-OH is 1. The van der Waals surface area contributed by atoms with Gasteiger partial charge in [-0.3, -0.25) is 4.79 Å². The molecule has 0 aromatic heterocycles. The van der Waals surface area contributed by atoms with Crippen LogP contribution in [0.1, 0.15) is 18.8 Å². The lowest BCUT2D eigenvalue weighted by Gasteiger charge is -2.44. The summed E-state index contributed by atoms with van der Waals surface area (Å²) in [7, 11) is 0. The molecular formula is C15H18N2O6. The number of ether oxygens (including phenoxy) is 3. The average molecular weight is 322 g/mol. The van der Waals surface area contributed by atoms with Gasteiger partial charge in [-0.05, 0) is 0 Å². The van der Waals surface area contributed by atoms with Crippen molar-refractivity contribution in [2.24, 2.45) is 5.16 Å². The Bertz CT molecular complexity index is 593. The van der Waals surface area contributed by atoms with Crippen LogP contribution in [0.3, 0.4) is 0 Å². The lowest BCUT2D eigenvalue weighted by atomic mass is 9.96. The van der Waals surface area contributed by atoms with Crippen LogP contribution in [0.15, 0.2) is 35.5 Å². The smallest absolute Gasteiger partial charge is 0.251 e. The SMILES string of the molecule is CC(=O)NC1C(=NO)OC2COC(c3ccccc3)O[C@@H]2C1O. The summed E-state index contributed by atoms with van der Waals surface area (Å²) in [6.07, 6.45) is -3.11. The van der Waals surface area contributed by atoms with E-state index in [1.54, 1.807) is 0 Å². The van der Waals surface area contributed by atoms with Crippen LogP contribution in [0.2, 0.25) is 0 Å². The molecule has 0 radical (unpaired) electrons. The van der Waals surface area contributed by atoms with Crippen molar-refractivity contribution in [1.29, 1.82) is 0 Å². The van der Waals surface area contributed by atoms with Crippen LogP contribution < -0.4 is 5.32 Å². The molecule has 2 heterocycles. The molecule has 2 aliphatic rings. The molecule has 1 amide bonds. The Morgan fingerprint density at radius 3 is 2.74 bits per heavy atom. The first-order valence-electron chi connectivity index (χ1n) is 7.26. The van der Waals surface area contributed by atoms with E-state index >= 15 is 0 Å². The maximum atomic E-state index is 11.3. The molecule has 2 fully saturated rings. The Kier molecular flexibility index (Phi) is 4.46. The van der Waals surface area contributed by atoms with Crippen molar-refractivity contribution in [3.05, 3.63) is 35.9 Å². The topological polar surface area (TPSA) is 110 Å². The number of fused-ring (bicyclic) bond motifs is 1. The molecule has 124 valence electrons. The molecule has 2 saturated heterocycles. The number of carbonyl (C=O) groups excluding carboxylic acids is 1. The van der Waals surface area contributed by atoms with Crippen molar-refractivity contribution in [3.63, 3.8) is 0 Å². The van der Waals surface area contributed by atoms with Crippen molar-refractivity contribution in [1.82, 2.24) is 5.32 Å². The predicted octanol–water partition coefficient (Wildman–Crippen LogP) is 0.153. The Morgan fingerprint density at radius 2 is 2.09 bits per heavy atom. The van der Waals surface area contributed by atoms with Crippen LogP contribution in [0.25, 0.3) is 0 Å². The van der Waals surface area contributed by atoms with Gasteiger partial charge in [0.05, 0.1) is 6.61 Å². The second-order valence-electron chi connectivity index (χ2n) is 5.44. The molecule has 23 heavy (non-hydrogen) atoms. The average Bonchev–Trinajstić information content (AvgIpc) is 2.57. The van der Waals surface area contributed by atoms with E-state index in [-0.39, 0.29) is 18.4 Å². The van der Waals surface area contributed by atoms with Crippen LogP contribution in [0, 0.1) is 0 Å². The Labute approximate surface area is 132 Å². The maximum absolute atomic E-state index is 11.3. The number of carbonyl (C=O) groups is 1. The van der Waals surface area contributed by atoms with Gasteiger partial charge in [0.15, 0.2) is 12.4 Å². The van der Waals surface area contributed by atoms with E-state index in [1.807, 2.05) is 30.3 Å². The summed E-state index contributed by atoms with van der Waals surface area (Å²) in [5, 5.41) is 25.0. The summed E-state index contributed by atoms with van der Waals surface area (Å²) in [5.74, 6) is -0.553. The number of rotatable bonds is 2. The largest absolute Gasteiger partial charge is 0.468 e. The first-order valence-corrected chi connectivity index (χ1v) is 7.26. The minimum atomic E-state index is -1.13. The molecule has 0 spiro atoms. The Morgan fingerprint density at radius 1 is 1.35 bits per heavy atom. The molecule has 3 N–H and O–H groups in total. The van der Waals surface area contributed by atoms with Gasteiger partial charge in [-0.15, -0.1) is 0 Å². The summed E-state index contributed by atoms with van der Waals surface area (Å²) in [5.41, 5.74) is 0.816. The highest BCUT2D eigenvalue weighted by molar-refractivity contribution is 5.88. The monoisotopic (exact) mass is 322 g/mol. The first kappa shape index (κ1) is 15.7. The molecule has 0 aliphatic carbocycles. The van der Waals surface area contributed by atoms with E-state index in [0.717, 1.165) is 5.56 Å². The minimum Gasteiger partial charge on any atom is -0.468 e. The number of aliphatic hydroxyl groups is 1. The predicted molar refractivity (Wildman–Crippen MR) is 77.7 cm³/mol. The minimum absolute atomic E-state index is 0.160. The highest BCUT2D eigenvalue weighted by Crippen LogP contribution is 2.32. The zero-order valence-corrected chi connectivity index (χ0v) is 12.5. The zero-order valence-electron chi connectivity index (χ0n) is 12.5. The van der Waals surface area contributed by atoms with E-state index in [4.69, 9.17) is 19.4 Å². The summed E-state index contributed by atoms with van der Waals surface area (Å²) in [6.45, 7) is 1.46. The van der Waals surface area contributed by atoms with Gasteiger partial charge >= 0.3 is 0 Å². The third-order valence-electron chi connectivity index (χ3n) is 3.80. The summed E-state index contributed by atoms with van der Waals surface area (Å²) < 4.78 is 16.9. The normalized spacial score (nSPS) is 35.2. The third-order valence-corrected chi connectivity index (χ3v) is 3.80. The van der Waals surface area contributed by atoms with Gasteiger partial charge in [-0.2, -0.15) is 0 Å². The van der Waals surface area contributed by atoms with Gasteiger partial charge in [0.25, 0.3) is 5.90 Å². The fourth-order valence-electron chi connectivity index (χ4n) is 2.75. The fraction of sp³-hybridized carbons (Fsp3) is 0.467. The van der Waals surface area contributed by atoms with Crippen molar-refractivity contribution >= 4 is 11.8 Å². The molecule has 5 atom stereocenters. The lowest BCUT2D eigenvalue weighted by Crippen LogP contribution is -2.64. The highest BCUT2D eigenvalue weighted by Gasteiger charge is 2.49. The highest BCUT2D eigenvalue weighted by atomic mass is 16.7. The summed E-state index contributed by atoms with van der Waals surface area (Å²) in [6, 6.07) is 8.33. The lowest BCUT2D eigenvalue weighted by molar-refractivity contribution is -0.281. The van der Waals surface area contributed by atoms with E-state index in [1.165, 1.54) is 6.92 Å². The van der Waals surface area contributed by atoms with Crippen LogP contribution in [0.5, 0.6) is 0 Å². The molecule has 4 unspecified atom stereocenters.